The third-order valence-corrected chi connectivity index (χ3v) is 6.81. The summed E-state index contributed by atoms with van der Waals surface area (Å²) in [6.07, 6.45) is 13.2. The van der Waals surface area contributed by atoms with Crippen molar-refractivity contribution in [3.8, 4) is 11.1 Å². The van der Waals surface area contributed by atoms with E-state index in [1.54, 1.807) is 7.11 Å². The zero-order valence-electron chi connectivity index (χ0n) is 18.4. The van der Waals surface area contributed by atoms with Gasteiger partial charge in [0.1, 0.15) is 0 Å². The maximum Gasteiger partial charge on any atom is 0.241 e. The summed E-state index contributed by atoms with van der Waals surface area (Å²) in [4.78, 5) is 4.59. The van der Waals surface area contributed by atoms with Crippen LogP contribution in [0.1, 0.15) is 69.5 Å². The van der Waals surface area contributed by atoms with Gasteiger partial charge in [0.05, 0.1) is 36.7 Å². The summed E-state index contributed by atoms with van der Waals surface area (Å²) >= 11 is 0. The van der Waals surface area contributed by atoms with Gasteiger partial charge in [-0.15, -0.1) is 5.10 Å². The molecular weight excluding hydrogens is 392 g/mol. The van der Waals surface area contributed by atoms with E-state index < -0.39 is 0 Å². The van der Waals surface area contributed by atoms with Crippen LogP contribution in [-0.4, -0.2) is 55.3 Å². The number of nitrogens with zero attached hydrogens (tertiary/aromatic N) is 5. The van der Waals surface area contributed by atoms with Crippen LogP contribution in [-0.2, 0) is 4.74 Å². The number of hydrogen-bond donors (Lipinski definition) is 2. The highest BCUT2D eigenvalue weighted by Gasteiger charge is 2.26. The normalized spacial score (nSPS) is 23.1. The number of hydrogen-bond acceptors (Lipinski definition) is 6. The molecular formula is C23H32N6O2. The Balaban J connectivity index is 1.53. The molecule has 2 N–H and O–H groups in total. The molecule has 8 heteroatoms. The van der Waals surface area contributed by atoms with Crippen LogP contribution >= 0.6 is 0 Å². The standard InChI is InChI=1S/C23H32N6O2/c1-15(14-31-2)26-23-24-12-22-20(17-11-25-28(13-17)18-4-3-5-18)10-21(29(22)27-23)16-6-8-19(30)9-7-16/h10-13,15-16,18-19,30H,3-9,14H2,1-2H3,(H,26,27)/t15-,16?,19?/m0/s1. The fourth-order valence-corrected chi connectivity index (χ4v) is 4.81. The van der Waals surface area contributed by atoms with Crippen LogP contribution in [0.3, 0.4) is 0 Å². The van der Waals surface area contributed by atoms with E-state index in [1.807, 2.05) is 16.9 Å². The molecule has 2 aliphatic carbocycles. The van der Waals surface area contributed by atoms with Crippen molar-refractivity contribution in [1.29, 1.82) is 0 Å². The van der Waals surface area contributed by atoms with Gasteiger partial charge < -0.3 is 15.2 Å². The quantitative estimate of drug-likeness (QED) is 0.600. The number of ether oxygens (including phenoxy) is 1. The molecule has 5 rings (SSSR count). The van der Waals surface area contributed by atoms with Crippen LogP contribution in [0.5, 0.6) is 0 Å². The summed E-state index contributed by atoms with van der Waals surface area (Å²) in [6.45, 7) is 2.64. The van der Waals surface area contributed by atoms with Crippen molar-refractivity contribution in [2.45, 2.75) is 76.0 Å². The minimum absolute atomic E-state index is 0.117. The molecule has 1 atom stereocenters. The number of nitrogens with one attached hydrogen (secondary N) is 1. The molecule has 0 amide bonds. The number of aliphatic hydroxyl groups excluding tert-OH is 1. The number of rotatable bonds is 7. The number of anilines is 1. The molecule has 0 spiro atoms. The van der Waals surface area contributed by atoms with E-state index in [0.717, 1.165) is 42.3 Å². The summed E-state index contributed by atoms with van der Waals surface area (Å²) in [7, 11) is 1.69. The predicted molar refractivity (Wildman–Crippen MR) is 119 cm³/mol. The zero-order valence-corrected chi connectivity index (χ0v) is 18.4. The topological polar surface area (TPSA) is 89.5 Å². The number of fused-ring (bicyclic) bond motifs is 1. The Morgan fingerprint density at radius 3 is 2.71 bits per heavy atom. The Morgan fingerprint density at radius 2 is 2.00 bits per heavy atom. The highest BCUT2D eigenvalue weighted by Crippen LogP contribution is 2.38. The average molecular weight is 425 g/mol. The summed E-state index contributed by atoms with van der Waals surface area (Å²) in [6, 6.07) is 2.92. The van der Waals surface area contributed by atoms with Gasteiger partial charge in [0.25, 0.3) is 0 Å². The van der Waals surface area contributed by atoms with Crippen molar-refractivity contribution in [2.75, 3.05) is 19.0 Å². The molecule has 3 heterocycles. The van der Waals surface area contributed by atoms with E-state index in [2.05, 4.69) is 39.3 Å². The molecule has 0 unspecified atom stereocenters. The first-order valence-corrected chi connectivity index (χ1v) is 11.5. The van der Waals surface area contributed by atoms with Crippen LogP contribution in [0, 0.1) is 0 Å². The average Bonchev–Trinajstić information content (AvgIpc) is 3.32. The lowest BCUT2D eigenvalue weighted by molar-refractivity contribution is 0.121. The SMILES string of the molecule is COC[C@H](C)Nc1ncc2c(-c3cnn(C4CCC4)c3)cc(C3CCC(O)CC3)n2n1. The third-order valence-electron chi connectivity index (χ3n) is 6.81. The van der Waals surface area contributed by atoms with Crippen molar-refractivity contribution in [2.24, 2.45) is 0 Å². The lowest BCUT2D eigenvalue weighted by atomic mass is 9.85. The second kappa shape index (κ2) is 8.59. The Labute approximate surface area is 182 Å². The van der Waals surface area contributed by atoms with Crippen molar-refractivity contribution >= 4 is 11.5 Å². The lowest BCUT2D eigenvalue weighted by Crippen LogP contribution is -2.23. The molecule has 0 radical (unpaired) electrons. The molecule has 0 aromatic carbocycles. The van der Waals surface area contributed by atoms with E-state index >= 15 is 0 Å². The Hall–Kier alpha value is -2.45. The molecule has 3 aromatic rings. The van der Waals surface area contributed by atoms with Gasteiger partial charge >= 0.3 is 0 Å². The highest BCUT2D eigenvalue weighted by atomic mass is 16.5. The van der Waals surface area contributed by atoms with Crippen LogP contribution in [0.15, 0.2) is 24.7 Å². The fourth-order valence-electron chi connectivity index (χ4n) is 4.81. The van der Waals surface area contributed by atoms with Gasteiger partial charge in [-0.1, -0.05) is 0 Å². The van der Waals surface area contributed by atoms with Crippen molar-refractivity contribution in [1.82, 2.24) is 24.4 Å². The van der Waals surface area contributed by atoms with E-state index in [0.29, 0.717) is 24.5 Å². The first-order chi connectivity index (χ1) is 15.1. The van der Waals surface area contributed by atoms with Crippen LogP contribution < -0.4 is 5.32 Å². The molecule has 8 nitrogen and oxygen atoms in total. The van der Waals surface area contributed by atoms with E-state index in [4.69, 9.17) is 9.84 Å². The molecule has 166 valence electrons. The van der Waals surface area contributed by atoms with E-state index in [-0.39, 0.29) is 12.1 Å². The molecule has 0 bridgehead atoms. The first kappa shape index (κ1) is 20.5. The van der Waals surface area contributed by atoms with Gasteiger partial charge in [-0.3, -0.25) is 4.68 Å². The number of methoxy groups -OCH3 is 1. The molecule has 0 aliphatic heterocycles. The highest BCUT2D eigenvalue weighted by molar-refractivity contribution is 5.81. The second-order valence-corrected chi connectivity index (χ2v) is 9.16. The molecule has 2 saturated carbocycles. The van der Waals surface area contributed by atoms with Gasteiger partial charge in [-0.2, -0.15) is 5.10 Å². The molecule has 31 heavy (non-hydrogen) atoms. The molecule has 3 aromatic heterocycles. The maximum atomic E-state index is 9.98. The second-order valence-electron chi connectivity index (χ2n) is 9.16. The van der Waals surface area contributed by atoms with Gasteiger partial charge in [0.15, 0.2) is 0 Å². The zero-order chi connectivity index (χ0) is 21.4. The van der Waals surface area contributed by atoms with Crippen molar-refractivity contribution in [3.05, 3.63) is 30.4 Å². The maximum absolute atomic E-state index is 9.98. The summed E-state index contributed by atoms with van der Waals surface area (Å²) < 4.78 is 9.39. The van der Waals surface area contributed by atoms with Gasteiger partial charge in [0, 0.05) is 42.1 Å². The van der Waals surface area contributed by atoms with Gasteiger partial charge in [0.2, 0.25) is 5.95 Å². The minimum atomic E-state index is -0.176. The van der Waals surface area contributed by atoms with Crippen molar-refractivity contribution < 1.29 is 9.84 Å². The largest absolute Gasteiger partial charge is 0.393 e. The summed E-state index contributed by atoms with van der Waals surface area (Å²) in [5.74, 6) is 0.979. The molecule has 2 fully saturated rings. The van der Waals surface area contributed by atoms with Gasteiger partial charge in [-0.25, -0.2) is 9.50 Å². The fraction of sp³-hybridized carbons (Fsp3) is 0.609. The predicted octanol–water partition coefficient (Wildman–Crippen LogP) is 3.78. The Kier molecular flexibility index (Phi) is 5.67. The Bertz CT molecular complexity index is 1030. The lowest BCUT2D eigenvalue weighted by Gasteiger charge is -2.25. The first-order valence-electron chi connectivity index (χ1n) is 11.5. The van der Waals surface area contributed by atoms with E-state index in [9.17, 15) is 5.11 Å². The monoisotopic (exact) mass is 424 g/mol. The third kappa shape index (κ3) is 4.06. The smallest absolute Gasteiger partial charge is 0.241 e. The number of aromatic nitrogens is 5. The van der Waals surface area contributed by atoms with Crippen LogP contribution in [0.4, 0.5) is 5.95 Å². The van der Waals surface area contributed by atoms with Gasteiger partial charge in [-0.05, 0) is 57.9 Å². The van der Waals surface area contributed by atoms with Crippen LogP contribution in [0.2, 0.25) is 0 Å². The van der Waals surface area contributed by atoms with Crippen molar-refractivity contribution in [3.63, 3.8) is 0 Å². The Morgan fingerprint density at radius 1 is 1.19 bits per heavy atom. The molecule has 2 aliphatic rings. The van der Waals surface area contributed by atoms with E-state index in [1.165, 1.54) is 25.0 Å². The van der Waals surface area contributed by atoms with Crippen LogP contribution in [0.25, 0.3) is 16.6 Å². The number of aliphatic hydroxyl groups is 1. The minimum Gasteiger partial charge on any atom is -0.393 e. The summed E-state index contributed by atoms with van der Waals surface area (Å²) in [5.41, 5.74) is 4.43. The summed E-state index contributed by atoms with van der Waals surface area (Å²) in [5, 5.41) is 22.8. The molecule has 0 saturated heterocycles.